The summed E-state index contributed by atoms with van der Waals surface area (Å²) in [7, 11) is 0. The smallest absolute Gasteiger partial charge is 0.348 e. The molecule has 0 saturated heterocycles. The molecule has 9 heteroatoms. The van der Waals surface area contributed by atoms with Crippen LogP contribution in [0.25, 0.3) is 0 Å². The van der Waals surface area contributed by atoms with Crippen LogP contribution in [-0.4, -0.2) is 21.0 Å². The van der Waals surface area contributed by atoms with Crippen LogP contribution in [0, 0.1) is 10.1 Å². The Hall–Kier alpha value is -2.32. The average molecular weight is 234 g/mol. The molecule has 1 heterocycles. The zero-order chi connectivity index (χ0) is 12.5. The van der Waals surface area contributed by atoms with Gasteiger partial charge in [-0.1, -0.05) is 0 Å². The molecule has 1 aromatic heterocycles. The number of nitro groups is 1. The van der Waals surface area contributed by atoms with Gasteiger partial charge in [-0.15, -0.1) is 0 Å². The van der Waals surface area contributed by atoms with E-state index in [-0.39, 0.29) is 0 Å². The molecule has 0 unspecified atom stereocenters. The van der Waals surface area contributed by atoms with Crippen molar-refractivity contribution in [2.75, 3.05) is 0 Å². The van der Waals surface area contributed by atoms with Crippen molar-refractivity contribution in [3.8, 4) is 0 Å². The summed E-state index contributed by atoms with van der Waals surface area (Å²) in [5, 5.41) is 18.9. The van der Waals surface area contributed by atoms with Gasteiger partial charge < -0.3 is 15.2 Å². The molecule has 0 fully saturated rings. The topological polar surface area (TPSA) is 113 Å². The first-order chi connectivity index (χ1) is 7.36. The molecule has 0 atom stereocenters. The van der Waals surface area contributed by atoms with E-state index in [0.29, 0.717) is 6.20 Å². The lowest BCUT2D eigenvalue weighted by molar-refractivity contribution is -0.390. The number of halogens is 2. The van der Waals surface area contributed by atoms with Crippen molar-refractivity contribution in [3.05, 3.63) is 37.7 Å². The van der Waals surface area contributed by atoms with Crippen LogP contribution in [0.15, 0.2) is 11.0 Å². The van der Waals surface area contributed by atoms with Gasteiger partial charge in [-0.25, -0.2) is 18.6 Å². The van der Waals surface area contributed by atoms with Crippen LogP contribution in [0.2, 0.25) is 0 Å². The summed E-state index contributed by atoms with van der Waals surface area (Å²) in [5.74, 6) is -3.06. The number of hydrogen-bond donors (Lipinski definition) is 2. The van der Waals surface area contributed by atoms with Gasteiger partial charge in [0.2, 0.25) is 11.0 Å². The number of H-pyrrole nitrogens is 1. The minimum Gasteiger partial charge on any atom is -0.477 e. The first kappa shape index (κ1) is 11.8. The number of carboxylic acids is 1. The molecule has 0 amide bonds. The maximum absolute atomic E-state index is 12.2. The number of nitrogens with one attached hydrogen (secondary N) is 1. The Balaban J connectivity index is 3.61. The summed E-state index contributed by atoms with van der Waals surface area (Å²) in [5.41, 5.74) is -3.99. The number of aromatic carboxylic acids is 1. The number of aromatic nitrogens is 1. The summed E-state index contributed by atoms with van der Waals surface area (Å²) in [6, 6.07) is 0. The average Bonchev–Trinajstić information content (AvgIpc) is 2.15. The van der Waals surface area contributed by atoms with E-state index in [1.165, 1.54) is 0 Å². The molecule has 16 heavy (non-hydrogen) atoms. The van der Waals surface area contributed by atoms with E-state index < -0.39 is 39.7 Å². The van der Waals surface area contributed by atoms with Gasteiger partial charge in [0, 0.05) is 0 Å². The maximum atomic E-state index is 12.2. The number of aromatic amines is 1. The highest BCUT2D eigenvalue weighted by molar-refractivity contribution is 5.91. The van der Waals surface area contributed by atoms with Crippen molar-refractivity contribution >= 4 is 11.8 Å². The molecule has 1 rings (SSSR count). The molecule has 0 radical (unpaired) electrons. The maximum Gasteiger partial charge on any atom is 0.348 e. The summed E-state index contributed by atoms with van der Waals surface area (Å²) in [6.45, 7) is 0. The number of carbonyl (C=O) groups is 1. The zero-order valence-electron chi connectivity index (χ0n) is 7.44. The number of alkyl halides is 2. The molecule has 0 saturated carbocycles. The van der Waals surface area contributed by atoms with Crippen molar-refractivity contribution < 1.29 is 23.6 Å². The van der Waals surface area contributed by atoms with E-state index in [0.717, 1.165) is 0 Å². The predicted molar refractivity (Wildman–Crippen MR) is 45.6 cm³/mol. The van der Waals surface area contributed by atoms with Gasteiger partial charge in [-0.05, 0) is 4.92 Å². The van der Waals surface area contributed by atoms with Crippen LogP contribution in [0.4, 0.5) is 14.6 Å². The number of nitrogens with zero attached hydrogens (tertiary/aromatic N) is 1. The number of pyridine rings is 1. The van der Waals surface area contributed by atoms with Gasteiger partial charge in [-0.2, -0.15) is 0 Å². The van der Waals surface area contributed by atoms with E-state index in [9.17, 15) is 28.5 Å². The third-order valence-corrected chi connectivity index (χ3v) is 1.72. The first-order valence-corrected chi connectivity index (χ1v) is 3.77. The Morgan fingerprint density at radius 2 is 2.12 bits per heavy atom. The Labute approximate surface area is 85.5 Å². The SMILES string of the molecule is O=C(O)c1c([N+](=O)[O-])[nH]cc(C(F)F)c1=O. The highest BCUT2D eigenvalue weighted by Crippen LogP contribution is 2.18. The second kappa shape index (κ2) is 4.04. The molecule has 0 bridgehead atoms. The minimum absolute atomic E-state index is 0.428. The molecule has 0 aromatic carbocycles. The van der Waals surface area contributed by atoms with Crippen molar-refractivity contribution in [1.82, 2.24) is 4.98 Å². The standard InChI is InChI=1S/C7H4F2N2O5/c8-5(9)2-1-10-6(11(15)16)3(4(2)12)7(13)14/h1,5H,(H,10,12)(H,13,14). The van der Waals surface area contributed by atoms with Gasteiger partial charge >= 0.3 is 11.8 Å². The molecule has 0 aliphatic rings. The second-order valence-electron chi connectivity index (χ2n) is 2.66. The summed E-state index contributed by atoms with van der Waals surface area (Å²) >= 11 is 0. The molecular formula is C7H4F2N2O5. The molecule has 86 valence electrons. The van der Waals surface area contributed by atoms with Gasteiger partial charge in [0.25, 0.3) is 6.43 Å². The molecule has 2 N–H and O–H groups in total. The normalized spacial score (nSPS) is 10.4. The summed E-state index contributed by atoms with van der Waals surface area (Å²) in [6.07, 6.45) is -2.78. The van der Waals surface area contributed by atoms with Crippen LogP contribution in [0.5, 0.6) is 0 Å². The third kappa shape index (κ3) is 1.87. The van der Waals surface area contributed by atoms with Gasteiger partial charge in [0.1, 0.15) is 11.8 Å². The largest absolute Gasteiger partial charge is 0.477 e. The van der Waals surface area contributed by atoms with Gasteiger partial charge in [0.05, 0.1) is 0 Å². The van der Waals surface area contributed by atoms with Gasteiger partial charge in [-0.3, -0.25) is 4.79 Å². The second-order valence-corrected chi connectivity index (χ2v) is 2.66. The minimum atomic E-state index is -3.21. The zero-order valence-corrected chi connectivity index (χ0v) is 7.44. The highest BCUT2D eigenvalue weighted by atomic mass is 19.3. The fourth-order valence-electron chi connectivity index (χ4n) is 1.04. The molecule has 7 nitrogen and oxygen atoms in total. The van der Waals surface area contributed by atoms with Crippen molar-refractivity contribution in [3.63, 3.8) is 0 Å². The number of rotatable bonds is 3. The Kier molecular flexibility index (Phi) is 2.97. The van der Waals surface area contributed by atoms with Crippen LogP contribution < -0.4 is 5.43 Å². The lowest BCUT2D eigenvalue weighted by atomic mass is 10.2. The highest BCUT2D eigenvalue weighted by Gasteiger charge is 2.28. The summed E-state index contributed by atoms with van der Waals surface area (Å²) in [4.78, 5) is 32.7. The molecule has 0 spiro atoms. The lowest BCUT2D eigenvalue weighted by Crippen LogP contribution is -2.22. The Morgan fingerprint density at radius 3 is 2.50 bits per heavy atom. The van der Waals surface area contributed by atoms with Crippen molar-refractivity contribution in [2.24, 2.45) is 0 Å². The Morgan fingerprint density at radius 1 is 1.56 bits per heavy atom. The first-order valence-electron chi connectivity index (χ1n) is 3.77. The van der Waals surface area contributed by atoms with Crippen LogP contribution in [0.1, 0.15) is 22.3 Å². The predicted octanol–water partition coefficient (Wildman–Crippen LogP) is 0.919. The molecular weight excluding hydrogens is 230 g/mol. The Bertz CT molecular complexity index is 510. The fraction of sp³-hybridized carbons (Fsp3) is 0.143. The number of hydrogen-bond acceptors (Lipinski definition) is 4. The van der Waals surface area contributed by atoms with E-state index in [2.05, 4.69) is 0 Å². The molecule has 1 aromatic rings. The summed E-state index contributed by atoms with van der Waals surface area (Å²) < 4.78 is 24.4. The van der Waals surface area contributed by atoms with Crippen molar-refractivity contribution in [2.45, 2.75) is 6.43 Å². The molecule has 0 aliphatic heterocycles. The fourth-order valence-corrected chi connectivity index (χ4v) is 1.04. The van der Waals surface area contributed by atoms with Gasteiger partial charge in [0.15, 0.2) is 0 Å². The van der Waals surface area contributed by atoms with Crippen LogP contribution in [-0.2, 0) is 0 Å². The van der Waals surface area contributed by atoms with Crippen LogP contribution >= 0.6 is 0 Å². The molecule has 0 aliphatic carbocycles. The van der Waals surface area contributed by atoms with E-state index in [4.69, 9.17) is 5.11 Å². The monoisotopic (exact) mass is 234 g/mol. The van der Waals surface area contributed by atoms with Crippen LogP contribution in [0.3, 0.4) is 0 Å². The van der Waals surface area contributed by atoms with E-state index in [1.54, 1.807) is 4.98 Å². The number of carboxylic acid groups (broad SMARTS) is 1. The quantitative estimate of drug-likeness (QED) is 0.596. The van der Waals surface area contributed by atoms with Crippen molar-refractivity contribution in [1.29, 1.82) is 0 Å². The van der Waals surface area contributed by atoms with E-state index >= 15 is 0 Å². The van der Waals surface area contributed by atoms with E-state index in [1.807, 2.05) is 0 Å². The third-order valence-electron chi connectivity index (χ3n) is 1.72. The lowest BCUT2D eigenvalue weighted by Gasteiger charge is -2.01.